The van der Waals surface area contributed by atoms with Crippen molar-refractivity contribution in [1.82, 2.24) is 0 Å². The molecule has 4 rings (SSSR count). The third-order valence-electron chi connectivity index (χ3n) is 4.50. The van der Waals surface area contributed by atoms with E-state index in [0.717, 1.165) is 17.6 Å². The lowest BCUT2D eigenvalue weighted by molar-refractivity contribution is 0.668. The molecule has 1 nitrogen and oxygen atoms in total. The lowest BCUT2D eigenvalue weighted by Gasteiger charge is -2.03. The van der Waals surface area contributed by atoms with E-state index >= 15 is 0 Å². The van der Waals surface area contributed by atoms with Gasteiger partial charge in [-0.05, 0) is 47.4 Å². The molecule has 110 valence electrons. The SMILES string of the molecule is CCCCCc1cccc2oc3cc4ccccc4cc3c12. The first-order valence-corrected chi connectivity index (χ1v) is 8.19. The van der Waals surface area contributed by atoms with Gasteiger partial charge in [0.05, 0.1) is 0 Å². The first-order valence-electron chi connectivity index (χ1n) is 8.19. The quantitative estimate of drug-likeness (QED) is 0.392. The van der Waals surface area contributed by atoms with Gasteiger partial charge in [0.15, 0.2) is 0 Å². The summed E-state index contributed by atoms with van der Waals surface area (Å²) in [5, 5.41) is 5.07. The predicted molar refractivity (Wildman–Crippen MR) is 94.5 cm³/mol. The van der Waals surface area contributed by atoms with Crippen LogP contribution in [-0.2, 0) is 6.42 Å². The van der Waals surface area contributed by atoms with Crippen LogP contribution in [0.25, 0.3) is 32.7 Å². The summed E-state index contributed by atoms with van der Waals surface area (Å²) in [6, 6.07) is 19.4. The van der Waals surface area contributed by atoms with Crippen LogP contribution in [-0.4, -0.2) is 0 Å². The van der Waals surface area contributed by atoms with Crippen LogP contribution in [0, 0.1) is 0 Å². The second kappa shape index (κ2) is 5.49. The molecule has 0 unspecified atom stereocenters. The largest absolute Gasteiger partial charge is 0.456 e. The lowest BCUT2D eigenvalue weighted by atomic mass is 9.99. The number of rotatable bonds is 4. The van der Waals surface area contributed by atoms with Crippen LogP contribution in [0.15, 0.2) is 59.0 Å². The van der Waals surface area contributed by atoms with E-state index in [1.807, 2.05) is 0 Å². The van der Waals surface area contributed by atoms with E-state index in [2.05, 4.69) is 61.5 Å². The zero-order valence-corrected chi connectivity index (χ0v) is 12.9. The van der Waals surface area contributed by atoms with Gasteiger partial charge in [-0.3, -0.25) is 0 Å². The van der Waals surface area contributed by atoms with Crippen molar-refractivity contribution in [3.63, 3.8) is 0 Å². The van der Waals surface area contributed by atoms with E-state index in [1.165, 1.54) is 46.4 Å². The van der Waals surface area contributed by atoms with Crippen LogP contribution in [0.5, 0.6) is 0 Å². The summed E-state index contributed by atoms with van der Waals surface area (Å²) < 4.78 is 6.11. The number of benzene rings is 3. The topological polar surface area (TPSA) is 13.1 Å². The molecule has 0 fully saturated rings. The number of fused-ring (bicyclic) bond motifs is 4. The molecular formula is C21H20O. The summed E-state index contributed by atoms with van der Waals surface area (Å²) in [7, 11) is 0. The molecule has 0 spiro atoms. The second-order valence-electron chi connectivity index (χ2n) is 6.04. The average Bonchev–Trinajstić information content (AvgIpc) is 2.91. The van der Waals surface area contributed by atoms with E-state index in [1.54, 1.807) is 0 Å². The summed E-state index contributed by atoms with van der Waals surface area (Å²) in [4.78, 5) is 0. The van der Waals surface area contributed by atoms with Gasteiger partial charge >= 0.3 is 0 Å². The number of furan rings is 1. The van der Waals surface area contributed by atoms with Gasteiger partial charge in [-0.25, -0.2) is 0 Å². The molecule has 1 aromatic heterocycles. The Morgan fingerprint density at radius 3 is 2.45 bits per heavy atom. The smallest absolute Gasteiger partial charge is 0.136 e. The van der Waals surface area contributed by atoms with Gasteiger partial charge in [-0.2, -0.15) is 0 Å². The van der Waals surface area contributed by atoms with E-state index < -0.39 is 0 Å². The van der Waals surface area contributed by atoms with E-state index in [9.17, 15) is 0 Å². The van der Waals surface area contributed by atoms with Crippen molar-refractivity contribution >= 4 is 32.7 Å². The number of aryl methyl sites for hydroxylation is 1. The van der Waals surface area contributed by atoms with Crippen molar-refractivity contribution in [2.75, 3.05) is 0 Å². The highest BCUT2D eigenvalue weighted by Crippen LogP contribution is 2.34. The third-order valence-corrected chi connectivity index (χ3v) is 4.50. The molecule has 0 saturated heterocycles. The van der Waals surface area contributed by atoms with Gasteiger partial charge in [0.2, 0.25) is 0 Å². The van der Waals surface area contributed by atoms with Gasteiger partial charge < -0.3 is 4.42 Å². The van der Waals surface area contributed by atoms with Crippen molar-refractivity contribution in [1.29, 1.82) is 0 Å². The van der Waals surface area contributed by atoms with E-state index in [-0.39, 0.29) is 0 Å². The molecule has 3 aromatic carbocycles. The molecule has 0 atom stereocenters. The Balaban J connectivity index is 1.95. The summed E-state index contributed by atoms with van der Waals surface area (Å²) in [6.07, 6.45) is 4.92. The molecule has 0 aliphatic heterocycles. The minimum atomic E-state index is 0.997. The van der Waals surface area contributed by atoms with E-state index in [4.69, 9.17) is 4.42 Å². The Morgan fingerprint density at radius 1 is 0.818 bits per heavy atom. The highest BCUT2D eigenvalue weighted by atomic mass is 16.3. The highest BCUT2D eigenvalue weighted by Gasteiger charge is 2.11. The maximum atomic E-state index is 6.11. The summed E-state index contributed by atoms with van der Waals surface area (Å²) in [6.45, 7) is 2.25. The van der Waals surface area contributed by atoms with E-state index in [0.29, 0.717) is 0 Å². The normalized spacial score (nSPS) is 11.7. The molecule has 22 heavy (non-hydrogen) atoms. The molecule has 1 heterocycles. The Morgan fingerprint density at radius 2 is 1.64 bits per heavy atom. The minimum absolute atomic E-state index is 0.997. The van der Waals surface area contributed by atoms with Crippen LogP contribution >= 0.6 is 0 Å². The summed E-state index contributed by atoms with van der Waals surface area (Å²) in [5.74, 6) is 0. The molecule has 0 radical (unpaired) electrons. The molecule has 0 aliphatic rings. The number of hydrogen-bond donors (Lipinski definition) is 0. The minimum Gasteiger partial charge on any atom is -0.456 e. The third kappa shape index (κ3) is 2.18. The highest BCUT2D eigenvalue weighted by molar-refractivity contribution is 6.11. The Hall–Kier alpha value is -2.28. The van der Waals surface area contributed by atoms with Gasteiger partial charge in [0, 0.05) is 10.8 Å². The molecule has 0 amide bonds. The zero-order chi connectivity index (χ0) is 14.9. The van der Waals surface area contributed by atoms with Gasteiger partial charge in [-0.1, -0.05) is 56.2 Å². The predicted octanol–water partition coefficient (Wildman–Crippen LogP) is 6.47. The van der Waals surface area contributed by atoms with Gasteiger partial charge in [0.1, 0.15) is 11.2 Å². The van der Waals surface area contributed by atoms with Gasteiger partial charge in [-0.15, -0.1) is 0 Å². The maximum absolute atomic E-state index is 6.11. The second-order valence-corrected chi connectivity index (χ2v) is 6.04. The Bertz CT molecular complexity index is 946. The fraction of sp³-hybridized carbons (Fsp3) is 0.238. The lowest BCUT2D eigenvalue weighted by Crippen LogP contribution is -1.86. The maximum Gasteiger partial charge on any atom is 0.136 e. The van der Waals surface area contributed by atoms with Crippen LogP contribution in [0.1, 0.15) is 31.7 Å². The number of unbranched alkanes of at least 4 members (excludes halogenated alkanes) is 2. The van der Waals surface area contributed by atoms with Crippen molar-refractivity contribution in [2.24, 2.45) is 0 Å². The van der Waals surface area contributed by atoms with Crippen molar-refractivity contribution < 1.29 is 4.42 Å². The van der Waals surface area contributed by atoms with Crippen molar-refractivity contribution in [3.8, 4) is 0 Å². The van der Waals surface area contributed by atoms with Crippen LogP contribution in [0.4, 0.5) is 0 Å². The molecule has 0 N–H and O–H groups in total. The molecular weight excluding hydrogens is 268 g/mol. The first kappa shape index (κ1) is 13.4. The Labute approximate surface area is 130 Å². The molecule has 1 heteroatoms. The fourth-order valence-corrected chi connectivity index (χ4v) is 3.36. The molecule has 4 aromatic rings. The van der Waals surface area contributed by atoms with Crippen molar-refractivity contribution in [3.05, 3.63) is 60.2 Å². The number of hydrogen-bond acceptors (Lipinski definition) is 1. The van der Waals surface area contributed by atoms with Crippen LogP contribution in [0.3, 0.4) is 0 Å². The zero-order valence-electron chi connectivity index (χ0n) is 12.9. The monoisotopic (exact) mass is 288 g/mol. The summed E-state index contributed by atoms with van der Waals surface area (Å²) in [5.41, 5.74) is 3.43. The van der Waals surface area contributed by atoms with Gasteiger partial charge in [0.25, 0.3) is 0 Å². The standard InChI is InChI=1S/C21H20O/c1-2-3-4-8-15-11-7-12-19-21(15)18-13-16-9-5-6-10-17(16)14-20(18)22-19/h5-7,9-14H,2-4,8H2,1H3. The fourth-order valence-electron chi connectivity index (χ4n) is 3.36. The van der Waals surface area contributed by atoms with Crippen LogP contribution in [0.2, 0.25) is 0 Å². The van der Waals surface area contributed by atoms with Crippen molar-refractivity contribution in [2.45, 2.75) is 32.6 Å². The molecule has 0 aliphatic carbocycles. The average molecular weight is 288 g/mol. The Kier molecular flexibility index (Phi) is 3.34. The summed E-state index contributed by atoms with van der Waals surface area (Å²) >= 11 is 0. The first-order chi connectivity index (χ1) is 10.9. The molecule has 0 saturated carbocycles. The van der Waals surface area contributed by atoms with Crippen LogP contribution < -0.4 is 0 Å². The molecule has 0 bridgehead atoms.